The number of halogens is 5. The molecule has 0 radical (unpaired) electrons. The number of piperazine rings is 1. The van der Waals surface area contributed by atoms with Crippen molar-refractivity contribution in [2.75, 3.05) is 24.5 Å². The second-order valence-corrected chi connectivity index (χ2v) is 7.46. The van der Waals surface area contributed by atoms with Crippen LogP contribution >= 0.6 is 22.9 Å². The SMILES string of the molecule is C=C(C)C1(F)CC2CN(I)CCN2c2ncc(C(F)(F)F)cc21. The van der Waals surface area contributed by atoms with Gasteiger partial charge in [-0.3, -0.25) is 0 Å². The molecule has 0 bridgehead atoms. The highest BCUT2D eigenvalue weighted by Gasteiger charge is 2.48. The molecule has 0 spiro atoms. The van der Waals surface area contributed by atoms with Crippen LogP contribution in [0.1, 0.15) is 24.5 Å². The van der Waals surface area contributed by atoms with Crippen LogP contribution in [0.3, 0.4) is 0 Å². The summed E-state index contributed by atoms with van der Waals surface area (Å²) in [6, 6.07) is 0.767. The standard InChI is InChI=1S/C15H16F4IN3/c1-9(2)14(16)6-11-8-22(20)3-4-23(11)13-12(14)5-10(7-21-13)15(17,18)19/h5,7,11H,1,3-4,6,8H2,2H3. The van der Waals surface area contributed by atoms with Gasteiger partial charge in [0.2, 0.25) is 0 Å². The number of hydrogen-bond donors (Lipinski definition) is 0. The fraction of sp³-hybridized carbons (Fsp3) is 0.533. The van der Waals surface area contributed by atoms with Gasteiger partial charge in [0.1, 0.15) is 5.82 Å². The summed E-state index contributed by atoms with van der Waals surface area (Å²) in [7, 11) is 0. The van der Waals surface area contributed by atoms with Crippen LogP contribution in [0, 0.1) is 0 Å². The van der Waals surface area contributed by atoms with Crippen LogP contribution in [0.4, 0.5) is 23.4 Å². The summed E-state index contributed by atoms with van der Waals surface area (Å²) in [4.78, 5) is 5.90. The highest BCUT2D eigenvalue weighted by Crippen LogP contribution is 2.49. The molecule has 126 valence electrons. The molecular formula is C15H16F4IN3. The van der Waals surface area contributed by atoms with Gasteiger partial charge in [-0.15, -0.1) is 0 Å². The monoisotopic (exact) mass is 441 g/mol. The fourth-order valence-corrected chi connectivity index (χ4v) is 3.91. The normalized spacial score (nSPS) is 28.3. The molecule has 0 amide bonds. The lowest BCUT2D eigenvalue weighted by atomic mass is 9.79. The lowest BCUT2D eigenvalue weighted by Crippen LogP contribution is -2.56. The van der Waals surface area contributed by atoms with Gasteiger partial charge in [0, 0.05) is 66.7 Å². The van der Waals surface area contributed by atoms with Crippen molar-refractivity contribution in [3.63, 3.8) is 0 Å². The number of fused-ring (bicyclic) bond motifs is 3. The van der Waals surface area contributed by atoms with Crippen molar-refractivity contribution in [3.8, 4) is 0 Å². The van der Waals surface area contributed by atoms with Crippen LogP contribution in [-0.2, 0) is 11.8 Å². The minimum absolute atomic E-state index is 0.0158. The molecule has 2 aliphatic rings. The molecule has 23 heavy (non-hydrogen) atoms. The predicted octanol–water partition coefficient (Wildman–Crippen LogP) is 4.09. The van der Waals surface area contributed by atoms with E-state index in [9.17, 15) is 13.2 Å². The Balaban J connectivity index is 2.14. The summed E-state index contributed by atoms with van der Waals surface area (Å²) in [6.07, 6.45) is -3.66. The topological polar surface area (TPSA) is 19.4 Å². The van der Waals surface area contributed by atoms with Crippen molar-refractivity contribution in [1.82, 2.24) is 8.10 Å². The summed E-state index contributed by atoms with van der Waals surface area (Å²) < 4.78 is 56.6. The van der Waals surface area contributed by atoms with Crippen LogP contribution in [0.15, 0.2) is 24.4 Å². The third kappa shape index (κ3) is 2.84. The van der Waals surface area contributed by atoms with E-state index in [-0.39, 0.29) is 23.6 Å². The Morgan fingerprint density at radius 3 is 2.74 bits per heavy atom. The third-order valence-electron chi connectivity index (χ3n) is 4.52. The van der Waals surface area contributed by atoms with E-state index in [0.29, 0.717) is 18.9 Å². The van der Waals surface area contributed by atoms with E-state index in [0.717, 1.165) is 18.8 Å². The van der Waals surface area contributed by atoms with E-state index in [1.165, 1.54) is 6.92 Å². The first-order chi connectivity index (χ1) is 10.6. The summed E-state index contributed by atoms with van der Waals surface area (Å²) in [5, 5.41) is 0. The van der Waals surface area contributed by atoms with Gasteiger partial charge in [0.15, 0.2) is 5.67 Å². The lowest BCUT2D eigenvalue weighted by molar-refractivity contribution is -0.137. The Morgan fingerprint density at radius 1 is 1.43 bits per heavy atom. The van der Waals surface area contributed by atoms with E-state index in [4.69, 9.17) is 0 Å². The van der Waals surface area contributed by atoms with Gasteiger partial charge in [-0.05, 0) is 18.6 Å². The first-order valence-corrected chi connectivity index (χ1v) is 8.19. The van der Waals surface area contributed by atoms with Gasteiger partial charge in [-0.2, -0.15) is 13.2 Å². The summed E-state index contributed by atoms with van der Waals surface area (Å²) in [6.45, 7) is 7.21. The van der Waals surface area contributed by atoms with Gasteiger partial charge < -0.3 is 4.90 Å². The number of hydrogen-bond acceptors (Lipinski definition) is 3. The summed E-state index contributed by atoms with van der Waals surface area (Å²) in [5.74, 6) is 0.309. The second-order valence-electron chi connectivity index (χ2n) is 6.09. The molecule has 1 saturated heterocycles. The first-order valence-electron chi connectivity index (χ1n) is 7.23. The number of pyridine rings is 1. The van der Waals surface area contributed by atoms with Gasteiger partial charge in [-0.1, -0.05) is 6.58 Å². The lowest BCUT2D eigenvalue weighted by Gasteiger charge is -2.48. The molecule has 1 aromatic heterocycles. The first kappa shape index (κ1) is 16.9. The van der Waals surface area contributed by atoms with Gasteiger partial charge in [0.05, 0.1) is 5.56 Å². The molecule has 0 aliphatic carbocycles. The Kier molecular flexibility index (Phi) is 4.11. The largest absolute Gasteiger partial charge is 0.417 e. The highest BCUT2D eigenvalue weighted by atomic mass is 127. The van der Waals surface area contributed by atoms with Crippen molar-refractivity contribution >= 4 is 28.7 Å². The number of allylic oxidation sites excluding steroid dienone is 1. The molecule has 1 aromatic rings. The zero-order valence-electron chi connectivity index (χ0n) is 12.5. The fourth-order valence-electron chi connectivity index (χ4n) is 3.24. The maximum atomic E-state index is 15.6. The van der Waals surface area contributed by atoms with Crippen LogP contribution in [0.5, 0.6) is 0 Å². The van der Waals surface area contributed by atoms with Crippen molar-refractivity contribution in [1.29, 1.82) is 0 Å². The molecule has 2 unspecified atom stereocenters. The third-order valence-corrected chi connectivity index (χ3v) is 5.40. The Bertz CT molecular complexity index is 648. The maximum Gasteiger partial charge on any atom is 0.417 e. The number of anilines is 1. The Labute approximate surface area is 145 Å². The van der Waals surface area contributed by atoms with E-state index in [1.54, 1.807) is 0 Å². The van der Waals surface area contributed by atoms with E-state index < -0.39 is 17.4 Å². The number of alkyl halides is 4. The average Bonchev–Trinajstić information content (AvgIpc) is 2.45. The molecule has 3 heterocycles. The Morgan fingerprint density at radius 2 is 2.13 bits per heavy atom. The van der Waals surface area contributed by atoms with E-state index in [1.807, 2.05) is 4.90 Å². The maximum absolute atomic E-state index is 15.6. The molecule has 3 rings (SSSR count). The van der Waals surface area contributed by atoms with E-state index >= 15 is 4.39 Å². The van der Waals surface area contributed by atoms with Crippen LogP contribution in [0.2, 0.25) is 0 Å². The average molecular weight is 441 g/mol. The van der Waals surface area contributed by atoms with Gasteiger partial charge in [0.25, 0.3) is 0 Å². The Hall–Kier alpha value is -0.900. The van der Waals surface area contributed by atoms with Gasteiger partial charge in [-0.25, -0.2) is 12.5 Å². The predicted molar refractivity (Wildman–Crippen MR) is 88.2 cm³/mol. The van der Waals surface area contributed by atoms with E-state index in [2.05, 4.69) is 37.5 Å². The molecule has 2 aliphatic heterocycles. The van der Waals surface area contributed by atoms with Crippen molar-refractivity contribution < 1.29 is 17.6 Å². The molecule has 0 N–H and O–H groups in total. The van der Waals surface area contributed by atoms with Crippen molar-refractivity contribution in [2.45, 2.75) is 31.2 Å². The second kappa shape index (κ2) is 5.58. The molecule has 0 saturated carbocycles. The summed E-state index contributed by atoms with van der Waals surface area (Å²) in [5.41, 5.74) is -2.71. The molecule has 1 fully saturated rings. The highest BCUT2D eigenvalue weighted by molar-refractivity contribution is 14.1. The van der Waals surface area contributed by atoms with Crippen LogP contribution in [0.25, 0.3) is 0 Å². The molecule has 0 aromatic carbocycles. The van der Waals surface area contributed by atoms with Crippen molar-refractivity contribution in [2.24, 2.45) is 0 Å². The zero-order valence-corrected chi connectivity index (χ0v) is 14.7. The zero-order chi connectivity index (χ0) is 17.0. The summed E-state index contributed by atoms with van der Waals surface area (Å²) >= 11 is 2.18. The molecule has 8 heteroatoms. The van der Waals surface area contributed by atoms with Crippen molar-refractivity contribution in [3.05, 3.63) is 35.5 Å². The minimum atomic E-state index is -4.55. The number of aromatic nitrogens is 1. The molecule has 2 atom stereocenters. The molecular weight excluding hydrogens is 425 g/mol. The van der Waals surface area contributed by atoms with Crippen LogP contribution < -0.4 is 4.90 Å². The minimum Gasteiger partial charge on any atom is -0.351 e. The van der Waals surface area contributed by atoms with Crippen LogP contribution in [-0.4, -0.2) is 33.8 Å². The van der Waals surface area contributed by atoms with Gasteiger partial charge >= 0.3 is 6.18 Å². The number of nitrogens with zero attached hydrogens (tertiary/aromatic N) is 3. The quantitative estimate of drug-likeness (QED) is 0.284. The molecule has 3 nitrogen and oxygen atoms in total. The number of rotatable bonds is 1. The smallest absolute Gasteiger partial charge is 0.351 e.